The highest BCUT2D eigenvalue weighted by molar-refractivity contribution is 6.88. The molecule has 0 radical (unpaired) electrons. The average molecular weight is 708 g/mol. The van der Waals surface area contributed by atoms with E-state index < -0.39 is 8.07 Å². The highest BCUT2D eigenvalue weighted by Gasteiger charge is 2.42. The summed E-state index contributed by atoms with van der Waals surface area (Å²) in [6.45, 7) is 16.7. The van der Waals surface area contributed by atoms with Crippen LogP contribution < -0.4 is 10.5 Å². The Morgan fingerprint density at radius 3 is 1.42 bits per heavy atom. The fourth-order valence-corrected chi connectivity index (χ4v) is 10.7. The van der Waals surface area contributed by atoms with Gasteiger partial charge in [0.25, 0.3) is 0 Å². The zero-order valence-electron chi connectivity index (χ0n) is 32.6. The summed E-state index contributed by atoms with van der Waals surface area (Å²) in [6.07, 6.45) is 8.96. The standard InChI is InChI=1S/C51H53NSi/c1-8-50(9-2)46-31-35(19-27-42(46)44-29-23-38(33-48(44)50)37-21-25-41(26-22-37)53(5,6)7)17-18-36-20-28-43-45-30-24-40(52-39-15-13-12-14-16-39)34-49(45)51(10-3,11-4)47(43)32-36/h12-34,52H,8-11H2,1-7H3/b18-17+. The number of hydrogen-bond acceptors (Lipinski definition) is 1. The van der Waals surface area contributed by atoms with Crippen LogP contribution in [0.25, 0.3) is 45.5 Å². The van der Waals surface area contributed by atoms with Crippen molar-refractivity contribution in [1.82, 2.24) is 0 Å². The van der Waals surface area contributed by atoms with Gasteiger partial charge < -0.3 is 5.32 Å². The Morgan fingerprint density at radius 1 is 0.453 bits per heavy atom. The van der Waals surface area contributed by atoms with Crippen LogP contribution >= 0.6 is 0 Å². The predicted molar refractivity (Wildman–Crippen MR) is 234 cm³/mol. The van der Waals surface area contributed by atoms with Gasteiger partial charge in [0.2, 0.25) is 0 Å². The molecule has 2 aliphatic carbocycles. The van der Waals surface area contributed by atoms with E-state index in [1.807, 2.05) is 0 Å². The van der Waals surface area contributed by atoms with Crippen molar-refractivity contribution in [2.75, 3.05) is 5.32 Å². The van der Waals surface area contributed by atoms with Gasteiger partial charge in [-0.15, -0.1) is 0 Å². The second kappa shape index (κ2) is 13.5. The molecule has 0 saturated heterocycles. The molecule has 0 fully saturated rings. The van der Waals surface area contributed by atoms with Gasteiger partial charge in [0.05, 0.1) is 8.07 Å². The van der Waals surface area contributed by atoms with Gasteiger partial charge in [-0.1, -0.05) is 162 Å². The van der Waals surface area contributed by atoms with Crippen LogP contribution in [0.2, 0.25) is 19.6 Å². The molecule has 0 aliphatic heterocycles. The van der Waals surface area contributed by atoms with Crippen molar-refractivity contribution < 1.29 is 0 Å². The van der Waals surface area contributed by atoms with Crippen LogP contribution in [0.1, 0.15) is 86.8 Å². The van der Waals surface area contributed by atoms with Crippen LogP contribution in [0.15, 0.2) is 127 Å². The molecule has 0 saturated carbocycles. The van der Waals surface area contributed by atoms with Gasteiger partial charge in [0, 0.05) is 22.2 Å². The Morgan fingerprint density at radius 2 is 0.906 bits per heavy atom. The summed E-state index contributed by atoms with van der Waals surface area (Å²) in [5.41, 5.74) is 18.9. The molecule has 6 aromatic carbocycles. The normalized spacial score (nSPS) is 14.8. The Balaban J connectivity index is 1.10. The lowest BCUT2D eigenvalue weighted by molar-refractivity contribution is 0.490. The summed E-state index contributed by atoms with van der Waals surface area (Å²) in [7, 11) is -1.34. The molecule has 0 bridgehead atoms. The minimum atomic E-state index is -1.34. The second-order valence-corrected chi connectivity index (χ2v) is 21.4. The second-order valence-electron chi connectivity index (χ2n) is 16.4. The fourth-order valence-electron chi connectivity index (χ4n) is 9.56. The van der Waals surface area contributed by atoms with Gasteiger partial charge in [-0.2, -0.15) is 0 Å². The number of para-hydroxylation sites is 1. The third kappa shape index (κ3) is 5.83. The first-order valence-corrected chi connectivity index (χ1v) is 23.3. The van der Waals surface area contributed by atoms with Crippen molar-refractivity contribution in [2.24, 2.45) is 0 Å². The number of nitrogens with one attached hydrogen (secondary N) is 1. The summed E-state index contributed by atoms with van der Waals surface area (Å²) < 4.78 is 0. The molecular formula is C51H53NSi. The maximum absolute atomic E-state index is 3.64. The number of rotatable bonds is 10. The molecule has 0 heterocycles. The summed E-state index contributed by atoms with van der Waals surface area (Å²) in [4.78, 5) is 0. The molecule has 1 nitrogen and oxygen atoms in total. The lowest BCUT2D eigenvalue weighted by Crippen LogP contribution is -2.37. The third-order valence-electron chi connectivity index (χ3n) is 12.8. The van der Waals surface area contributed by atoms with Gasteiger partial charge in [0.15, 0.2) is 0 Å². The van der Waals surface area contributed by atoms with Crippen molar-refractivity contribution in [2.45, 2.75) is 83.8 Å². The molecular weight excluding hydrogens is 655 g/mol. The lowest BCUT2D eigenvalue weighted by Gasteiger charge is -2.30. The Bertz CT molecular complexity index is 2330. The summed E-state index contributed by atoms with van der Waals surface area (Å²) >= 11 is 0. The first kappa shape index (κ1) is 35.1. The topological polar surface area (TPSA) is 12.0 Å². The first-order valence-electron chi connectivity index (χ1n) is 19.8. The van der Waals surface area contributed by atoms with E-state index in [1.165, 1.54) is 71.9 Å². The summed E-state index contributed by atoms with van der Waals surface area (Å²) in [5.74, 6) is 0. The third-order valence-corrected chi connectivity index (χ3v) is 14.9. The fraction of sp³-hybridized carbons (Fsp3) is 0.255. The number of anilines is 2. The van der Waals surface area contributed by atoms with E-state index in [9.17, 15) is 0 Å². The highest BCUT2D eigenvalue weighted by atomic mass is 28.3. The molecule has 266 valence electrons. The van der Waals surface area contributed by atoms with Crippen LogP contribution in [0.5, 0.6) is 0 Å². The molecule has 2 aliphatic rings. The monoisotopic (exact) mass is 707 g/mol. The zero-order chi connectivity index (χ0) is 37.0. The SMILES string of the molecule is CCC1(CC)c2cc(/C=C/c3ccc4c(c3)C(CC)(CC)c3cc(-c5ccc([Si](C)(C)C)cc5)ccc3-4)ccc2-c2ccc(Nc3ccccc3)cc21. The van der Waals surface area contributed by atoms with Gasteiger partial charge >= 0.3 is 0 Å². The number of benzene rings is 6. The Labute approximate surface area is 318 Å². The van der Waals surface area contributed by atoms with Crippen LogP contribution in [-0.2, 0) is 10.8 Å². The predicted octanol–water partition coefficient (Wildman–Crippen LogP) is 14.0. The highest BCUT2D eigenvalue weighted by Crippen LogP contribution is 2.55. The van der Waals surface area contributed by atoms with Crippen molar-refractivity contribution in [3.8, 4) is 33.4 Å². The van der Waals surface area contributed by atoms with E-state index in [0.29, 0.717) is 0 Å². The van der Waals surface area contributed by atoms with Crippen LogP contribution in [0.4, 0.5) is 11.4 Å². The Hall–Kier alpha value is -4.92. The summed E-state index contributed by atoms with van der Waals surface area (Å²) in [5, 5.41) is 5.15. The molecule has 0 unspecified atom stereocenters. The molecule has 0 aromatic heterocycles. The molecule has 0 amide bonds. The molecule has 2 heteroatoms. The molecule has 6 aromatic rings. The van der Waals surface area contributed by atoms with Crippen molar-refractivity contribution in [3.05, 3.63) is 161 Å². The Kier molecular flexibility index (Phi) is 8.94. The molecule has 0 atom stereocenters. The van der Waals surface area contributed by atoms with Gasteiger partial charge in [-0.3, -0.25) is 0 Å². The summed E-state index contributed by atoms with van der Waals surface area (Å²) in [6, 6.07) is 48.4. The van der Waals surface area contributed by atoms with E-state index >= 15 is 0 Å². The largest absolute Gasteiger partial charge is 0.356 e. The van der Waals surface area contributed by atoms with Gasteiger partial charge in [-0.25, -0.2) is 0 Å². The maximum Gasteiger partial charge on any atom is 0.0775 e. The van der Waals surface area contributed by atoms with E-state index in [-0.39, 0.29) is 10.8 Å². The molecule has 8 rings (SSSR count). The smallest absolute Gasteiger partial charge is 0.0775 e. The van der Waals surface area contributed by atoms with E-state index in [0.717, 1.165) is 37.1 Å². The van der Waals surface area contributed by atoms with Crippen molar-refractivity contribution in [1.29, 1.82) is 0 Å². The van der Waals surface area contributed by atoms with E-state index in [4.69, 9.17) is 0 Å². The zero-order valence-corrected chi connectivity index (χ0v) is 33.6. The van der Waals surface area contributed by atoms with Gasteiger partial charge in [0.1, 0.15) is 0 Å². The number of fused-ring (bicyclic) bond motifs is 6. The average Bonchev–Trinajstić information content (AvgIpc) is 3.62. The van der Waals surface area contributed by atoms with Crippen molar-refractivity contribution in [3.63, 3.8) is 0 Å². The molecule has 0 spiro atoms. The van der Waals surface area contributed by atoms with E-state index in [1.54, 1.807) is 0 Å². The minimum Gasteiger partial charge on any atom is -0.356 e. The van der Waals surface area contributed by atoms with Gasteiger partial charge in [-0.05, 0) is 123 Å². The first-order chi connectivity index (χ1) is 25.6. The van der Waals surface area contributed by atoms with E-state index in [2.05, 4.69) is 192 Å². The van der Waals surface area contributed by atoms with Crippen LogP contribution in [0.3, 0.4) is 0 Å². The lowest BCUT2D eigenvalue weighted by atomic mass is 9.73. The number of hydrogen-bond donors (Lipinski definition) is 1. The van der Waals surface area contributed by atoms with Crippen LogP contribution in [-0.4, -0.2) is 8.07 Å². The van der Waals surface area contributed by atoms with Crippen LogP contribution in [0, 0.1) is 0 Å². The van der Waals surface area contributed by atoms with Crippen molar-refractivity contribution >= 4 is 36.8 Å². The molecule has 1 N–H and O–H groups in total. The quantitative estimate of drug-likeness (QED) is 0.110. The minimum absolute atomic E-state index is 0.000687. The molecule has 53 heavy (non-hydrogen) atoms. The maximum atomic E-state index is 3.64.